The number of nitrogens with zero attached hydrogens (tertiary/aromatic N) is 2. The van der Waals surface area contributed by atoms with Crippen molar-refractivity contribution in [3.05, 3.63) is 17.0 Å². The molecule has 0 bridgehead atoms. The SMILES string of the molecule is Cc1nc(Cl)cc(NC(C)C(=O)NC(C)C)n1. The molecule has 17 heavy (non-hydrogen) atoms. The molecular weight excluding hydrogens is 240 g/mol. The first-order chi connectivity index (χ1) is 7.88. The third kappa shape index (κ3) is 4.56. The molecule has 1 aromatic rings. The number of aromatic nitrogens is 2. The van der Waals surface area contributed by atoms with Gasteiger partial charge < -0.3 is 10.6 Å². The molecule has 0 radical (unpaired) electrons. The van der Waals surface area contributed by atoms with Gasteiger partial charge in [-0.2, -0.15) is 0 Å². The zero-order chi connectivity index (χ0) is 13.0. The number of amides is 1. The van der Waals surface area contributed by atoms with Crippen molar-refractivity contribution in [1.82, 2.24) is 15.3 Å². The normalized spacial score (nSPS) is 12.4. The van der Waals surface area contributed by atoms with Gasteiger partial charge >= 0.3 is 0 Å². The first-order valence-corrected chi connectivity index (χ1v) is 5.84. The topological polar surface area (TPSA) is 66.9 Å². The minimum Gasteiger partial charge on any atom is -0.358 e. The Hall–Kier alpha value is -1.36. The van der Waals surface area contributed by atoms with Crippen molar-refractivity contribution in [2.24, 2.45) is 0 Å². The summed E-state index contributed by atoms with van der Waals surface area (Å²) >= 11 is 5.81. The number of rotatable bonds is 4. The van der Waals surface area contributed by atoms with E-state index in [0.717, 1.165) is 0 Å². The van der Waals surface area contributed by atoms with Gasteiger partial charge in [-0.15, -0.1) is 0 Å². The summed E-state index contributed by atoms with van der Waals surface area (Å²) in [6.45, 7) is 7.34. The largest absolute Gasteiger partial charge is 0.358 e. The summed E-state index contributed by atoms with van der Waals surface area (Å²) in [6, 6.07) is 1.33. The zero-order valence-corrected chi connectivity index (χ0v) is 11.2. The summed E-state index contributed by atoms with van der Waals surface area (Å²) < 4.78 is 0. The highest BCUT2D eigenvalue weighted by atomic mass is 35.5. The van der Waals surface area contributed by atoms with Gasteiger partial charge in [0.25, 0.3) is 0 Å². The highest BCUT2D eigenvalue weighted by Gasteiger charge is 2.14. The average Bonchev–Trinajstić information content (AvgIpc) is 2.14. The van der Waals surface area contributed by atoms with Gasteiger partial charge in [-0.1, -0.05) is 11.6 Å². The molecule has 0 fully saturated rings. The standard InChI is InChI=1S/C11H17ClN4O/c1-6(2)13-11(17)7(3)14-10-5-9(12)15-8(4)16-10/h5-7H,1-4H3,(H,13,17)(H,14,15,16). The zero-order valence-electron chi connectivity index (χ0n) is 10.4. The molecule has 0 saturated heterocycles. The average molecular weight is 257 g/mol. The van der Waals surface area contributed by atoms with Crippen LogP contribution in [-0.4, -0.2) is 28.0 Å². The van der Waals surface area contributed by atoms with E-state index in [2.05, 4.69) is 20.6 Å². The first-order valence-electron chi connectivity index (χ1n) is 5.46. The van der Waals surface area contributed by atoms with E-state index in [4.69, 9.17) is 11.6 Å². The lowest BCUT2D eigenvalue weighted by Crippen LogP contribution is -2.41. The molecule has 0 aromatic carbocycles. The summed E-state index contributed by atoms with van der Waals surface area (Å²) in [6.07, 6.45) is 0. The maximum atomic E-state index is 11.7. The third-order valence-electron chi connectivity index (χ3n) is 2.00. The van der Waals surface area contributed by atoms with Crippen LogP contribution in [0.4, 0.5) is 5.82 Å². The van der Waals surface area contributed by atoms with Crippen molar-refractivity contribution < 1.29 is 4.79 Å². The Morgan fingerprint density at radius 1 is 1.35 bits per heavy atom. The lowest BCUT2D eigenvalue weighted by molar-refractivity contribution is -0.122. The second-order valence-electron chi connectivity index (χ2n) is 4.15. The van der Waals surface area contributed by atoms with E-state index in [9.17, 15) is 4.79 Å². The van der Waals surface area contributed by atoms with E-state index in [-0.39, 0.29) is 18.0 Å². The van der Waals surface area contributed by atoms with Crippen molar-refractivity contribution >= 4 is 23.3 Å². The predicted molar refractivity (Wildman–Crippen MR) is 68.1 cm³/mol. The predicted octanol–water partition coefficient (Wildman–Crippen LogP) is 1.76. The Kier molecular flexibility index (Phi) is 4.69. The Bertz CT molecular complexity index is 388. The number of halogens is 1. The van der Waals surface area contributed by atoms with Gasteiger partial charge in [0.1, 0.15) is 22.8 Å². The Balaban J connectivity index is 2.67. The molecule has 1 amide bonds. The summed E-state index contributed by atoms with van der Waals surface area (Å²) in [4.78, 5) is 19.8. The van der Waals surface area contributed by atoms with Crippen molar-refractivity contribution in [3.8, 4) is 0 Å². The van der Waals surface area contributed by atoms with Crippen LogP contribution in [0.25, 0.3) is 0 Å². The quantitative estimate of drug-likeness (QED) is 0.806. The van der Waals surface area contributed by atoms with Crippen molar-refractivity contribution in [1.29, 1.82) is 0 Å². The highest BCUT2D eigenvalue weighted by molar-refractivity contribution is 6.29. The maximum Gasteiger partial charge on any atom is 0.242 e. The smallest absolute Gasteiger partial charge is 0.242 e. The third-order valence-corrected chi connectivity index (χ3v) is 2.19. The fourth-order valence-corrected chi connectivity index (χ4v) is 1.53. The Labute approximate surface area is 106 Å². The van der Waals surface area contributed by atoms with Gasteiger partial charge in [-0.05, 0) is 27.7 Å². The first kappa shape index (κ1) is 13.7. The second-order valence-corrected chi connectivity index (χ2v) is 4.54. The molecule has 6 heteroatoms. The fourth-order valence-electron chi connectivity index (χ4n) is 1.30. The summed E-state index contributed by atoms with van der Waals surface area (Å²) in [5, 5.41) is 6.15. The van der Waals surface area contributed by atoms with Crippen LogP contribution < -0.4 is 10.6 Å². The number of carbonyl (C=O) groups is 1. The van der Waals surface area contributed by atoms with Gasteiger partial charge in [0.05, 0.1) is 0 Å². The molecule has 5 nitrogen and oxygen atoms in total. The molecule has 1 atom stereocenters. The molecule has 0 spiro atoms. The molecule has 1 rings (SSSR count). The molecule has 94 valence electrons. The number of anilines is 1. The molecule has 2 N–H and O–H groups in total. The van der Waals surface area contributed by atoms with Crippen molar-refractivity contribution in [3.63, 3.8) is 0 Å². The Morgan fingerprint density at radius 2 is 2.00 bits per heavy atom. The molecule has 0 aliphatic heterocycles. The lowest BCUT2D eigenvalue weighted by Gasteiger charge is -2.16. The van der Waals surface area contributed by atoms with Crippen molar-refractivity contribution in [2.75, 3.05) is 5.32 Å². The maximum absolute atomic E-state index is 11.7. The van der Waals surface area contributed by atoms with E-state index in [1.807, 2.05) is 13.8 Å². The second kappa shape index (κ2) is 5.82. The van der Waals surface area contributed by atoms with Gasteiger partial charge in [-0.25, -0.2) is 9.97 Å². The summed E-state index contributed by atoms with van der Waals surface area (Å²) in [5.41, 5.74) is 0. The van der Waals surface area contributed by atoms with E-state index < -0.39 is 0 Å². The van der Waals surface area contributed by atoms with Crippen LogP contribution in [0, 0.1) is 6.92 Å². The number of hydrogen-bond acceptors (Lipinski definition) is 4. The lowest BCUT2D eigenvalue weighted by atomic mass is 10.3. The Morgan fingerprint density at radius 3 is 2.53 bits per heavy atom. The molecule has 1 unspecified atom stereocenters. The molecule has 1 heterocycles. The van der Waals surface area contributed by atoms with Crippen LogP contribution in [0.2, 0.25) is 5.15 Å². The molecule has 0 aliphatic rings. The van der Waals surface area contributed by atoms with Gasteiger partial charge in [0, 0.05) is 12.1 Å². The minimum atomic E-state index is -0.372. The number of aryl methyl sites for hydroxylation is 1. The van der Waals surface area contributed by atoms with E-state index >= 15 is 0 Å². The van der Waals surface area contributed by atoms with Crippen LogP contribution in [0.15, 0.2) is 6.07 Å². The number of hydrogen-bond donors (Lipinski definition) is 2. The molecule has 0 saturated carbocycles. The molecule has 1 aromatic heterocycles. The van der Waals surface area contributed by atoms with Crippen LogP contribution in [0.5, 0.6) is 0 Å². The van der Waals surface area contributed by atoms with E-state index in [0.29, 0.717) is 16.8 Å². The number of nitrogens with one attached hydrogen (secondary N) is 2. The van der Waals surface area contributed by atoms with Crippen molar-refractivity contribution in [2.45, 2.75) is 39.8 Å². The van der Waals surface area contributed by atoms with Gasteiger partial charge in [-0.3, -0.25) is 4.79 Å². The fraction of sp³-hybridized carbons (Fsp3) is 0.545. The monoisotopic (exact) mass is 256 g/mol. The van der Waals surface area contributed by atoms with E-state index in [1.54, 1.807) is 19.9 Å². The molecular formula is C11H17ClN4O. The number of carbonyl (C=O) groups excluding carboxylic acids is 1. The van der Waals surface area contributed by atoms with Crippen LogP contribution in [0.1, 0.15) is 26.6 Å². The minimum absolute atomic E-state index is 0.0765. The van der Waals surface area contributed by atoms with Crippen LogP contribution >= 0.6 is 11.6 Å². The summed E-state index contributed by atoms with van der Waals surface area (Å²) in [7, 11) is 0. The highest BCUT2D eigenvalue weighted by Crippen LogP contribution is 2.12. The van der Waals surface area contributed by atoms with Crippen LogP contribution in [-0.2, 0) is 4.79 Å². The van der Waals surface area contributed by atoms with Gasteiger partial charge in [0.15, 0.2) is 0 Å². The van der Waals surface area contributed by atoms with Gasteiger partial charge in [0.2, 0.25) is 5.91 Å². The molecule has 0 aliphatic carbocycles. The summed E-state index contributed by atoms with van der Waals surface area (Å²) in [5.74, 6) is 1.04. The van der Waals surface area contributed by atoms with Crippen LogP contribution in [0.3, 0.4) is 0 Å². The van der Waals surface area contributed by atoms with E-state index in [1.165, 1.54) is 0 Å².